The van der Waals surface area contributed by atoms with E-state index in [9.17, 15) is 17.2 Å². The van der Waals surface area contributed by atoms with Crippen molar-refractivity contribution in [3.63, 3.8) is 0 Å². The standard InChI is InChI=1S/C18H20ClF2N7O2S2.CH2O2/c1-18(2-3-18)26-32(29,30)10-8-11(27-6-4-22-5-7-27)12-13(19)23-15(28(12)9-10)17-25-24-16(31-17)14(20)21;2-1-3/h8-9,14,22,26H,2-7H2,1H3;1H,(H,2,3). The molecule has 3 N–H and O–H groups in total. The van der Waals surface area contributed by atoms with Gasteiger partial charge in [0.1, 0.15) is 10.4 Å². The first kappa shape index (κ1) is 25.6. The quantitative estimate of drug-likeness (QED) is 0.395. The van der Waals surface area contributed by atoms with Crippen LogP contribution in [-0.4, -0.2) is 71.3 Å². The van der Waals surface area contributed by atoms with Crippen LogP contribution in [0.15, 0.2) is 17.2 Å². The van der Waals surface area contributed by atoms with Crippen LogP contribution in [0.2, 0.25) is 5.15 Å². The number of carbonyl (C=O) groups is 1. The van der Waals surface area contributed by atoms with Gasteiger partial charge in [0.15, 0.2) is 21.0 Å². The maximum atomic E-state index is 13.2. The highest BCUT2D eigenvalue weighted by Crippen LogP contribution is 2.39. The minimum atomic E-state index is -3.84. The third kappa shape index (κ3) is 5.38. The first-order valence-electron chi connectivity index (χ1n) is 10.5. The van der Waals surface area contributed by atoms with E-state index in [2.05, 4.69) is 25.2 Å². The number of nitrogens with zero attached hydrogens (tertiary/aromatic N) is 5. The molecule has 0 amide bonds. The molecule has 2 fully saturated rings. The summed E-state index contributed by atoms with van der Waals surface area (Å²) in [5.41, 5.74) is 0.649. The lowest BCUT2D eigenvalue weighted by atomic mass is 10.2. The largest absolute Gasteiger partial charge is 0.483 e. The van der Waals surface area contributed by atoms with Gasteiger partial charge in [-0.1, -0.05) is 22.9 Å². The van der Waals surface area contributed by atoms with Crippen molar-refractivity contribution in [1.29, 1.82) is 0 Å². The average molecular weight is 550 g/mol. The molecule has 5 rings (SSSR count). The summed E-state index contributed by atoms with van der Waals surface area (Å²) in [6.07, 6.45) is 0.177. The SMILES string of the molecule is CC1(NS(=O)(=O)c2cc(N3CCNCC3)c3c(Cl)nc(-c4nnc(C(F)F)s4)n3c2)CC1.O=CO. The second kappa shape index (κ2) is 9.89. The maximum absolute atomic E-state index is 13.2. The first-order valence-corrected chi connectivity index (χ1v) is 13.2. The van der Waals surface area contributed by atoms with Crippen LogP contribution in [0.3, 0.4) is 0 Å². The molecule has 0 atom stereocenters. The van der Waals surface area contributed by atoms with Crippen LogP contribution in [-0.2, 0) is 14.8 Å². The molecular formula is C19H22ClF2N7O4S2. The van der Waals surface area contributed by atoms with E-state index in [-0.39, 0.29) is 27.4 Å². The number of fused-ring (bicyclic) bond motifs is 1. The Morgan fingerprint density at radius 1 is 1.31 bits per heavy atom. The molecule has 3 aromatic rings. The molecule has 1 saturated heterocycles. The lowest BCUT2D eigenvalue weighted by Gasteiger charge is -2.30. The van der Waals surface area contributed by atoms with E-state index in [0.29, 0.717) is 35.6 Å². The number of alkyl halides is 2. The molecule has 0 aromatic carbocycles. The molecule has 1 aliphatic heterocycles. The maximum Gasteiger partial charge on any atom is 0.291 e. The monoisotopic (exact) mass is 549 g/mol. The Morgan fingerprint density at radius 3 is 2.54 bits per heavy atom. The van der Waals surface area contributed by atoms with Gasteiger partial charge in [-0.25, -0.2) is 26.9 Å². The molecule has 0 bridgehead atoms. The van der Waals surface area contributed by atoms with Gasteiger partial charge in [-0.15, -0.1) is 10.2 Å². The Kier molecular flexibility index (Phi) is 7.24. The van der Waals surface area contributed by atoms with E-state index < -0.39 is 27.0 Å². The van der Waals surface area contributed by atoms with Gasteiger partial charge >= 0.3 is 0 Å². The van der Waals surface area contributed by atoms with Gasteiger partial charge in [0.05, 0.1) is 5.69 Å². The van der Waals surface area contributed by atoms with E-state index in [1.807, 2.05) is 11.8 Å². The number of nitrogens with one attached hydrogen (secondary N) is 2. The Balaban J connectivity index is 0.000000917. The highest BCUT2D eigenvalue weighted by molar-refractivity contribution is 7.89. The van der Waals surface area contributed by atoms with Crippen molar-refractivity contribution >= 4 is 50.6 Å². The van der Waals surface area contributed by atoms with Crippen LogP contribution in [0.25, 0.3) is 16.3 Å². The van der Waals surface area contributed by atoms with Gasteiger partial charge in [0.25, 0.3) is 12.9 Å². The highest BCUT2D eigenvalue weighted by atomic mass is 35.5. The topological polar surface area (TPSA) is 142 Å². The Labute approximate surface area is 208 Å². The summed E-state index contributed by atoms with van der Waals surface area (Å²) >= 11 is 7.17. The average Bonchev–Trinajstić information content (AvgIpc) is 3.21. The second-order valence-corrected chi connectivity index (χ2v) is 11.3. The van der Waals surface area contributed by atoms with Gasteiger partial charge < -0.3 is 15.3 Å². The molecule has 4 heterocycles. The summed E-state index contributed by atoms with van der Waals surface area (Å²) in [5.74, 6) is 0.167. The van der Waals surface area contributed by atoms with Crippen LogP contribution in [0.1, 0.15) is 31.2 Å². The van der Waals surface area contributed by atoms with Crippen molar-refractivity contribution in [2.45, 2.75) is 36.6 Å². The molecule has 2 aliphatic rings. The fraction of sp³-hybridized carbons (Fsp3) is 0.474. The minimum absolute atomic E-state index is 0.0422. The highest BCUT2D eigenvalue weighted by Gasteiger charge is 2.41. The minimum Gasteiger partial charge on any atom is -0.483 e. The lowest BCUT2D eigenvalue weighted by Crippen LogP contribution is -2.43. The van der Waals surface area contributed by atoms with Crippen LogP contribution in [0, 0.1) is 0 Å². The van der Waals surface area contributed by atoms with E-state index in [1.54, 1.807) is 6.07 Å². The molecule has 1 aliphatic carbocycles. The van der Waals surface area contributed by atoms with Crippen molar-refractivity contribution in [3.8, 4) is 10.8 Å². The summed E-state index contributed by atoms with van der Waals surface area (Å²) in [6, 6.07) is 1.59. The number of aromatic nitrogens is 4. The summed E-state index contributed by atoms with van der Waals surface area (Å²) in [5, 5.41) is 17.3. The zero-order valence-corrected chi connectivity index (χ0v) is 20.8. The summed E-state index contributed by atoms with van der Waals surface area (Å²) < 4.78 is 56.7. The summed E-state index contributed by atoms with van der Waals surface area (Å²) in [4.78, 5) is 14.8. The molecule has 1 saturated carbocycles. The molecule has 0 spiro atoms. The molecular weight excluding hydrogens is 528 g/mol. The number of imidazole rings is 1. The fourth-order valence-corrected chi connectivity index (χ4v) is 6.09. The van der Waals surface area contributed by atoms with Crippen LogP contribution in [0.5, 0.6) is 0 Å². The van der Waals surface area contributed by atoms with Crippen LogP contribution in [0.4, 0.5) is 14.5 Å². The molecule has 16 heteroatoms. The normalized spacial score (nSPS) is 17.3. The summed E-state index contributed by atoms with van der Waals surface area (Å²) in [7, 11) is -3.84. The van der Waals surface area contributed by atoms with Crippen molar-refractivity contribution in [1.82, 2.24) is 29.6 Å². The third-order valence-corrected chi connectivity index (χ3v) is 8.41. The Morgan fingerprint density at radius 2 is 1.97 bits per heavy atom. The number of pyridine rings is 1. The van der Waals surface area contributed by atoms with E-state index in [4.69, 9.17) is 21.5 Å². The van der Waals surface area contributed by atoms with Crippen LogP contribution < -0.4 is 14.9 Å². The second-order valence-electron chi connectivity index (χ2n) is 8.26. The molecule has 35 heavy (non-hydrogen) atoms. The van der Waals surface area contributed by atoms with Gasteiger partial charge in [-0.05, 0) is 25.8 Å². The van der Waals surface area contributed by atoms with Gasteiger partial charge in [0, 0.05) is 37.9 Å². The van der Waals surface area contributed by atoms with Gasteiger partial charge in [-0.2, -0.15) is 0 Å². The number of piperazine rings is 1. The lowest BCUT2D eigenvalue weighted by molar-refractivity contribution is -0.122. The van der Waals surface area contributed by atoms with E-state index in [0.717, 1.165) is 25.9 Å². The van der Waals surface area contributed by atoms with Crippen molar-refractivity contribution < 1.29 is 27.1 Å². The number of hydrogen-bond donors (Lipinski definition) is 3. The number of hydrogen-bond acceptors (Lipinski definition) is 9. The molecule has 0 unspecified atom stereocenters. The number of anilines is 1. The first-order chi connectivity index (χ1) is 16.6. The number of halogens is 3. The fourth-order valence-electron chi connectivity index (χ4n) is 3.66. The smallest absolute Gasteiger partial charge is 0.291 e. The zero-order chi connectivity index (χ0) is 25.4. The molecule has 190 valence electrons. The zero-order valence-electron chi connectivity index (χ0n) is 18.4. The van der Waals surface area contributed by atoms with Crippen LogP contribution >= 0.6 is 22.9 Å². The van der Waals surface area contributed by atoms with E-state index >= 15 is 0 Å². The van der Waals surface area contributed by atoms with E-state index in [1.165, 1.54) is 10.6 Å². The van der Waals surface area contributed by atoms with Crippen molar-refractivity contribution in [3.05, 3.63) is 22.4 Å². The van der Waals surface area contributed by atoms with Crippen molar-refractivity contribution in [2.24, 2.45) is 0 Å². The Hall–Kier alpha value is -2.46. The number of sulfonamides is 1. The van der Waals surface area contributed by atoms with Crippen molar-refractivity contribution in [2.75, 3.05) is 31.1 Å². The summed E-state index contributed by atoms with van der Waals surface area (Å²) in [6.45, 7) is 4.36. The molecule has 11 nitrogen and oxygen atoms in total. The number of carboxylic acid groups (broad SMARTS) is 1. The van der Waals surface area contributed by atoms with Gasteiger partial charge in [0.2, 0.25) is 10.0 Å². The van der Waals surface area contributed by atoms with Gasteiger partial charge in [-0.3, -0.25) is 9.20 Å². The number of rotatable bonds is 6. The Bertz CT molecular complexity index is 1340. The molecule has 3 aromatic heterocycles. The third-order valence-electron chi connectivity index (χ3n) is 5.61. The predicted molar refractivity (Wildman–Crippen MR) is 126 cm³/mol. The molecule has 0 radical (unpaired) electrons. The predicted octanol–water partition coefficient (Wildman–Crippen LogP) is 2.38.